The van der Waals surface area contributed by atoms with Gasteiger partial charge < -0.3 is 10.4 Å². The zero-order valence-corrected chi connectivity index (χ0v) is 11.2. The minimum Gasteiger partial charge on any atom is -0.387 e. The molecule has 0 amide bonds. The lowest BCUT2D eigenvalue weighted by atomic mass is 9.79. The van der Waals surface area contributed by atoms with Crippen LogP contribution in [0.1, 0.15) is 51.9 Å². The zero-order chi connectivity index (χ0) is 11.4. The third kappa shape index (κ3) is 2.93. The lowest BCUT2D eigenvalue weighted by Crippen LogP contribution is -2.57. The standard InChI is InChI=1S/C13H25NOS/c1-2-16-12-8-9-13(12,15)10-14-11-6-4-3-5-7-11/h11-12,14-15H,2-10H2,1H3. The molecule has 0 bridgehead atoms. The maximum Gasteiger partial charge on any atom is 0.0889 e. The van der Waals surface area contributed by atoms with E-state index in [0.717, 1.165) is 18.7 Å². The Morgan fingerprint density at radius 3 is 2.56 bits per heavy atom. The predicted octanol–water partition coefficient (Wildman–Crippen LogP) is 2.56. The Kier molecular flexibility index (Phi) is 4.57. The van der Waals surface area contributed by atoms with Gasteiger partial charge in [-0.3, -0.25) is 0 Å². The van der Waals surface area contributed by atoms with Crippen LogP contribution in [0.25, 0.3) is 0 Å². The van der Waals surface area contributed by atoms with Gasteiger partial charge in [-0.25, -0.2) is 0 Å². The van der Waals surface area contributed by atoms with E-state index in [4.69, 9.17) is 0 Å². The van der Waals surface area contributed by atoms with Crippen LogP contribution in [-0.2, 0) is 0 Å². The van der Waals surface area contributed by atoms with E-state index in [1.807, 2.05) is 11.8 Å². The van der Waals surface area contributed by atoms with Crippen LogP contribution >= 0.6 is 11.8 Å². The molecule has 16 heavy (non-hydrogen) atoms. The SMILES string of the molecule is CCSC1CCC1(O)CNC1CCCCC1. The van der Waals surface area contributed by atoms with E-state index in [0.29, 0.717) is 11.3 Å². The van der Waals surface area contributed by atoms with Gasteiger partial charge in [0.15, 0.2) is 0 Å². The number of hydrogen-bond donors (Lipinski definition) is 2. The van der Waals surface area contributed by atoms with Gasteiger partial charge in [-0.15, -0.1) is 0 Å². The average Bonchev–Trinajstić information content (AvgIpc) is 2.33. The van der Waals surface area contributed by atoms with Gasteiger partial charge in [-0.1, -0.05) is 26.2 Å². The minimum absolute atomic E-state index is 0.405. The highest BCUT2D eigenvalue weighted by Crippen LogP contribution is 2.40. The second-order valence-electron chi connectivity index (χ2n) is 5.30. The van der Waals surface area contributed by atoms with Crippen molar-refractivity contribution < 1.29 is 5.11 Å². The molecule has 0 aromatic heterocycles. The summed E-state index contributed by atoms with van der Waals surface area (Å²) in [5.41, 5.74) is -0.405. The van der Waals surface area contributed by atoms with Crippen LogP contribution < -0.4 is 5.32 Å². The van der Waals surface area contributed by atoms with Crippen LogP contribution in [0.15, 0.2) is 0 Å². The molecule has 0 radical (unpaired) electrons. The van der Waals surface area contributed by atoms with E-state index in [1.54, 1.807) is 0 Å². The fraction of sp³-hybridized carbons (Fsp3) is 1.00. The molecule has 94 valence electrons. The molecule has 0 saturated heterocycles. The molecular formula is C13H25NOS. The van der Waals surface area contributed by atoms with Crippen molar-refractivity contribution in [1.82, 2.24) is 5.32 Å². The first-order valence-electron chi connectivity index (χ1n) is 6.82. The smallest absolute Gasteiger partial charge is 0.0889 e. The van der Waals surface area contributed by atoms with Gasteiger partial charge in [0.05, 0.1) is 5.60 Å². The number of aliphatic hydroxyl groups is 1. The fourth-order valence-corrected chi connectivity index (χ4v) is 4.06. The first kappa shape index (κ1) is 12.7. The Labute approximate surface area is 104 Å². The maximum atomic E-state index is 10.4. The molecule has 2 rings (SSSR count). The van der Waals surface area contributed by atoms with Crippen molar-refractivity contribution in [3.8, 4) is 0 Å². The van der Waals surface area contributed by atoms with Crippen LogP contribution in [-0.4, -0.2) is 34.3 Å². The summed E-state index contributed by atoms with van der Waals surface area (Å²) in [6.45, 7) is 2.99. The van der Waals surface area contributed by atoms with Crippen molar-refractivity contribution in [1.29, 1.82) is 0 Å². The summed E-state index contributed by atoms with van der Waals surface area (Å²) < 4.78 is 0. The summed E-state index contributed by atoms with van der Waals surface area (Å²) in [6, 6.07) is 0.672. The monoisotopic (exact) mass is 243 g/mol. The zero-order valence-electron chi connectivity index (χ0n) is 10.4. The summed E-state index contributed by atoms with van der Waals surface area (Å²) in [5.74, 6) is 1.12. The van der Waals surface area contributed by atoms with Gasteiger partial charge in [0.1, 0.15) is 0 Å². The molecule has 2 fully saturated rings. The van der Waals surface area contributed by atoms with E-state index < -0.39 is 5.60 Å². The molecule has 0 aromatic rings. The van der Waals surface area contributed by atoms with Crippen molar-refractivity contribution in [2.24, 2.45) is 0 Å². The van der Waals surface area contributed by atoms with Crippen LogP contribution in [0.2, 0.25) is 0 Å². The highest BCUT2D eigenvalue weighted by atomic mass is 32.2. The molecular weight excluding hydrogens is 218 g/mol. The minimum atomic E-state index is -0.405. The predicted molar refractivity (Wildman–Crippen MR) is 71.0 cm³/mol. The summed E-state index contributed by atoms with van der Waals surface area (Å²) in [4.78, 5) is 0. The Morgan fingerprint density at radius 2 is 2.00 bits per heavy atom. The van der Waals surface area contributed by atoms with Gasteiger partial charge >= 0.3 is 0 Å². The molecule has 2 nitrogen and oxygen atoms in total. The molecule has 2 atom stereocenters. The molecule has 2 aliphatic carbocycles. The fourth-order valence-electron chi connectivity index (χ4n) is 2.87. The normalized spacial score (nSPS) is 36.0. The van der Waals surface area contributed by atoms with Crippen molar-refractivity contribution in [2.45, 2.75) is 68.8 Å². The second kappa shape index (κ2) is 5.74. The van der Waals surface area contributed by atoms with Crippen LogP contribution in [0.5, 0.6) is 0 Å². The summed E-state index contributed by atoms with van der Waals surface area (Å²) >= 11 is 1.92. The third-order valence-electron chi connectivity index (χ3n) is 4.11. The van der Waals surface area contributed by atoms with E-state index >= 15 is 0 Å². The Balaban J connectivity index is 1.71. The molecule has 2 saturated carbocycles. The van der Waals surface area contributed by atoms with Crippen molar-refractivity contribution in [3.05, 3.63) is 0 Å². The van der Waals surface area contributed by atoms with Gasteiger partial charge in [0.2, 0.25) is 0 Å². The quantitative estimate of drug-likeness (QED) is 0.778. The molecule has 0 aliphatic heterocycles. The first-order valence-corrected chi connectivity index (χ1v) is 7.87. The molecule has 2 aliphatic rings. The molecule has 2 N–H and O–H groups in total. The lowest BCUT2D eigenvalue weighted by molar-refractivity contribution is -0.0260. The van der Waals surface area contributed by atoms with Crippen molar-refractivity contribution in [2.75, 3.05) is 12.3 Å². The Morgan fingerprint density at radius 1 is 1.25 bits per heavy atom. The second-order valence-corrected chi connectivity index (χ2v) is 6.78. The van der Waals surface area contributed by atoms with Crippen LogP contribution in [0.4, 0.5) is 0 Å². The number of nitrogens with one attached hydrogen (secondary N) is 1. The van der Waals surface area contributed by atoms with Crippen LogP contribution in [0, 0.1) is 0 Å². The summed E-state index contributed by atoms with van der Waals surface area (Å²) in [6.07, 6.45) is 8.93. The molecule has 2 unspecified atom stereocenters. The largest absolute Gasteiger partial charge is 0.387 e. The Hall–Kier alpha value is 0.270. The van der Waals surface area contributed by atoms with Crippen LogP contribution in [0.3, 0.4) is 0 Å². The van der Waals surface area contributed by atoms with Crippen molar-refractivity contribution in [3.63, 3.8) is 0 Å². The summed E-state index contributed by atoms with van der Waals surface area (Å²) in [7, 11) is 0. The number of hydrogen-bond acceptors (Lipinski definition) is 3. The Bertz CT molecular complexity index is 218. The van der Waals surface area contributed by atoms with Gasteiger partial charge in [-0.05, 0) is 31.4 Å². The molecule has 0 heterocycles. The van der Waals surface area contributed by atoms with Gasteiger partial charge in [0.25, 0.3) is 0 Å². The first-order chi connectivity index (χ1) is 7.74. The highest BCUT2D eigenvalue weighted by Gasteiger charge is 2.45. The maximum absolute atomic E-state index is 10.4. The van der Waals surface area contributed by atoms with E-state index in [2.05, 4.69) is 12.2 Å². The van der Waals surface area contributed by atoms with E-state index in [1.165, 1.54) is 38.5 Å². The number of rotatable bonds is 5. The van der Waals surface area contributed by atoms with Gasteiger partial charge in [-0.2, -0.15) is 11.8 Å². The van der Waals surface area contributed by atoms with E-state index in [9.17, 15) is 5.11 Å². The van der Waals surface area contributed by atoms with Gasteiger partial charge in [0, 0.05) is 17.8 Å². The molecule has 3 heteroatoms. The average molecular weight is 243 g/mol. The lowest BCUT2D eigenvalue weighted by Gasteiger charge is -2.46. The van der Waals surface area contributed by atoms with E-state index in [-0.39, 0.29) is 0 Å². The topological polar surface area (TPSA) is 32.3 Å². The highest BCUT2D eigenvalue weighted by molar-refractivity contribution is 8.00. The van der Waals surface area contributed by atoms with Crippen molar-refractivity contribution >= 4 is 11.8 Å². The summed E-state index contributed by atoms with van der Waals surface area (Å²) in [5, 5.41) is 14.5. The third-order valence-corrected chi connectivity index (χ3v) is 5.52. The molecule has 0 spiro atoms. The molecule has 0 aromatic carbocycles. The number of thioether (sulfide) groups is 1.